The van der Waals surface area contributed by atoms with E-state index in [1.54, 1.807) is 24.3 Å². The van der Waals surface area contributed by atoms with Crippen LogP contribution in [0, 0.1) is 17.8 Å². The molecule has 5 nitrogen and oxygen atoms in total. The van der Waals surface area contributed by atoms with E-state index in [1.807, 2.05) is 13.8 Å². The zero-order valence-corrected chi connectivity index (χ0v) is 18.1. The molecule has 0 aliphatic carbocycles. The molecule has 1 aromatic carbocycles. The molecule has 1 fully saturated rings. The second-order valence-corrected chi connectivity index (χ2v) is 7.68. The number of carbonyl (C=O) groups is 2. The average molecular weight is 433 g/mol. The molecule has 1 heterocycles. The quantitative estimate of drug-likeness (QED) is 0.386. The van der Waals surface area contributed by atoms with Crippen LogP contribution in [-0.2, 0) is 16.0 Å². The van der Waals surface area contributed by atoms with Gasteiger partial charge in [0.15, 0.2) is 0 Å². The first-order valence-corrected chi connectivity index (χ1v) is 10.4. The van der Waals surface area contributed by atoms with Crippen molar-refractivity contribution >= 4 is 11.9 Å². The predicted octanol–water partition coefficient (Wildman–Crippen LogP) is 3.61. The van der Waals surface area contributed by atoms with Gasteiger partial charge in [0.25, 0.3) is 5.91 Å². The van der Waals surface area contributed by atoms with Crippen LogP contribution in [0.15, 0.2) is 36.4 Å². The van der Waals surface area contributed by atoms with Crippen LogP contribution in [0.5, 0.6) is 0 Å². The van der Waals surface area contributed by atoms with E-state index >= 15 is 0 Å². The molecule has 0 spiro atoms. The molecule has 1 saturated heterocycles. The maximum absolute atomic E-state index is 14.1. The zero-order chi connectivity index (χ0) is 23.0. The van der Waals surface area contributed by atoms with Crippen molar-refractivity contribution in [2.24, 2.45) is 5.92 Å². The highest BCUT2D eigenvalue weighted by Gasteiger charge is 2.52. The molecule has 3 atom stereocenters. The Kier molecular flexibility index (Phi) is 8.76. The lowest BCUT2D eigenvalue weighted by Crippen LogP contribution is -2.37. The molecule has 1 amide bonds. The van der Waals surface area contributed by atoms with Crippen LogP contribution in [0.2, 0.25) is 0 Å². The molecule has 1 unspecified atom stereocenters. The number of amides is 1. The van der Waals surface area contributed by atoms with Crippen molar-refractivity contribution in [2.75, 3.05) is 13.7 Å². The van der Waals surface area contributed by atoms with Crippen molar-refractivity contribution in [1.82, 2.24) is 4.90 Å². The number of methoxy groups -OCH3 is 1. The molecule has 2 rings (SSSR count). The molecule has 1 aliphatic heterocycles. The van der Waals surface area contributed by atoms with Crippen LogP contribution in [-0.4, -0.2) is 53.6 Å². The van der Waals surface area contributed by atoms with E-state index < -0.39 is 36.4 Å². The highest BCUT2D eigenvalue weighted by Crippen LogP contribution is 2.34. The van der Waals surface area contributed by atoms with E-state index in [9.17, 15) is 23.5 Å². The van der Waals surface area contributed by atoms with Crippen molar-refractivity contribution < 1.29 is 28.2 Å². The summed E-state index contributed by atoms with van der Waals surface area (Å²) in [5.74, 6) is 0.675. The lowest BCUT2D eigenvalue weighted by atomic mass is 9.99. The molecular formula is C24H29F2NO4. The minimum Gasteiger partial charge on any atom is -0.465 e. The number of rotatable bonds is 8. The number of aliphatic hydroxyl groups excluding tert-OH is 1. The Labute approximate surface area is 182 Å². The fourth-order valence-corrected chi connectivity index (χ4v) is 3.35. The molecule has 0 aromatic heterocycles. The molecule has 0 radical (unpaired) electrons. The first kappa shape index (κ1) is 24.5. The minimum atomic E-state index is -3.42. The van der Waals surface area contributed by atoms with Gasteiger partial charge in [0.05, 0.1) is 24.8 Å². The first-order valence-electron chi connectivity index (χ1n) is 10.4. The van der Waals surface area contributed by atoms with Crippen molar-refractivity contribution in [2.45, 2.75) is 57.6 Å². The van der Waals surface area contributed by atoms with E-state index in [0.29, 0.717) is 18.4 Å². The third kappa shape index (κ3) is 6.63. The van der Waals surface area contributed by atoms with Gasteiger partial charge in [-0.2, -0.15) is 8.78 Å². The van der Waals surface area contributed by atoms with Gasteiger partial charge in [-0.3, -0.25) is 4.79 Å². The number of halogens is 2. The van der Waals surface area contributed by atoms with Crippen molar-refractivity contribution in [3.8, 4) is 11.8 Å². The van der Waals surface area contributed by atoms with Gasteiger partial charge < -0.3 is 14.7 Å². The van der Waals surface area contributed by atoms with Gasteiger partial charge in [-0.05, 0) is 30.0 Å². The third-order valence-corrected chi connectivity index (χ3v) is 5.30. The summed E-state index contributed by atoms with van der Waals surface area (Å²) in [5.41, 5.74) is 1.20. The molecule has 0 saturated carbocycles. The van der Waals surface area contributed by atoms with E-state index in [4.69, 9.17) is 0 Å². The zero-order valence-electron chi connectivity index (χ0n) is 18.1. The molecule has 1 aliphatic rings. The van der Waals surface area contributed by atoms with Crippen LogP contribution >= 0.6 is 0 Å². The highest BCUT2D eigenvalue weighted by molar-refractivity contribution is 5.89. The maximum atomic E-state index is 14.1. The largest absolute Gasteiger partial charge is 0.465 e. The molecule has 7 heteroatoms. The SMILES string of the molecule is CCC#CC[C@H](C)[C@H](O)C=CC1CC(F)(F)C(=O)N1CCc1ccc(C(=O)OC)cc1. The number of aliphatic hydroxyl groups is 1. The summed E-state index contributed by atoms with van der Waals surface area (Å²) in [7, 11) is 1.29. The number of carbonyl (C=O) groups excluding carboxylic acids is 2. The number of hydrogen-bond acceptors (Lipinski definition) is 4. The Balaban J connectivity index is 2.04. The van der Waals surface area contributed by atoms with Crippen molar-refractivity contribution in [1.29, 1.82) is 0 Å². The average Bonchev–Trinajstić information content (AvgIpc) is 2.98. The van der Waals surface area contributed by atoms with Gasteiger partial charge in [-0.15, -0.1) is 11.8 Å². The lowest BCUT2D eigenvalue weighted by Gasteiger charge is -2.22. The summed E-state index contributed by atoms with van der Waals surface area (Å²) in [6.45, 7) is 3.88. The van der Waals surface area contributed by atoms with Gasteiger partial charge in [-0.1, -0.05) is 38.1 Å². The van der Waals surface area contributed by atoms with Crippen LogP contribution < -0.4 is 0 Å². The minimum absolute atomic E-state index is 0.106. The van der Waals surface area contributed by atoms with Crippen molar-refractivity contribution in [3.05, 3.63) is 47.5 Å². The fourth-order valence-electron chi connectivity index (χ4n) is 3.35. The number of esters is 1. The number of nitrogens with zero attached hydrogens (tertiary/aromatic N) is 1. The van der Waals surface area contributed by atoms with Gasteiger partial charge >= 0.3 is 11.9 Å². The number of ether oxygens (including phenoxy) is 1. The van der Waals surface area contributed by atoms with Crippen molar-refractivity contribution in [3.63, 3.8) is 0 Å². The number of likely N-dealkylation sites (tertiary alicyclic amines) is 1. The normalized spacial score (nSPS) is 19.7. The molecule has 0 bridgehead atoms. The van der Waals surface area contributed by atoms with Crippen LogP contribution in [0.25, 0.3) is 0 Å². The van der Waals surface area contributed by atoms with Gasteiger partial charge in [-0.25, -0.2) is 4.79 Å². The molecule has 1 aromatic rings. The lowest BCUT2D eigenvalue weighted by molar-refractivity contribution is -0.148. The molecule has 1 N–H and O–H groups in total. The predicted molar refractivity (Wildman–Crippen MR) is 114 cm³/mol. The number of benzene rings is 1. The Morgan fingerprint density at radius 1 is 1.35 bits per heavy atom. The third-order valence-electron chi connectivity index (χ3n) is 5.30. The summed E-state index contributed by atoms with van der Waals surface area (Å²) in [6, 6.07) is 5.81. The fraction of sp³-hybridized carbons (Fsp3) is 0.500. The van der Waals surface area contributed by atoms with E-state index in [1.165, 1.54) is 19.3 Å². The van der Waals surface area contributed by atoms with Crippen LogP contribution in [0.1, 0.15) is 49.0 Å². The monoisotopic (exact) mass is 433 g/mol. The van der Waals surface area contributed by atoms with Crippen LogP contribution in [0.4, 0.5) is 8.78 Å². The summed E-state index contributed by atoms with van der Waals surface area (Å²) >= 11 is 0. The second kappa shape index (κ2) is 11.1. The van der Waals surface area contributed by atoms with Gasteiger partial charge in [0, 0.05) is 25.8 Å². The van der Waals surface area contributed by atoms with Gasteiger partial charge in [0.2, 0.25) is 0 Å². The second-order valence-electron chi connectivity index (χ2n) is 7.68. The van der Waals surface area contributed by atoms with Crippen LogP contribution in [0.3, 0.4) is 0 Å². The maximum Gasteiger partial charge on any atom is 0.337 e. The standard InChI is InChI=1S/C24H29F2NO4/c1-4-5-6-7-17(2)21(28)13-12-20-16-24(25,26)23(30)27(20)15-14-18-8-10-19(11-9-18)22(29)31-3/h8-13,17,20-21,28H,4,7,14-16H2,1-3H3/t17-,20?,21+/m0/s1. The molecule has 168 valence electrons. The summed E-state index contributed by atoms with van der Waals surface area (Å²) in [5, 5.41) is 10.3. The Hall–Kier alpha value is -2.72. The molecule has 31 heavy (non-hydrogen) atoms. The Morgan fingerprint density at radius 3 is 2.65 bits per heavy atom. The van der Waals surface area contributed by atoms with E-state index in [-0.39, 0.29) is 12.5 Å². The van der Waals surface area contributed by atoms with E-state index in [0.717, 1.165) is 16.9 Å². The summed E-state index contributed by atoms with van der Waals surface area (Å²) in [4.78, 5) is 24.8. The number of alkyl halides is 2. The van der Waals surface area contributed by atoms with Gasteiger partial charge in [0.1, 0.15) is 0 Å². The Bertz CT molecular complexity index is 855. The number of hydrogen-bond donors (Lipinski definition) is 1. The van der Waals surface area contributed by atoms with E-state index in [2.05, 4.69) is 16.6 Å². The molecular weight excluding hydrogens is 404 g/mol. The topological polar surface area (TPSA) is 66.8 Å². The Morgan fingerprint density at radius 2 is 2.03 bits per heavy atom. The first-order chi connectivity index (χ1) is 14.7. The summed E-state index contributed by atoms with van der Waals surface area (Å²) < 4.78 is 32.8. The highest BCUT2D eigenvalue weighted by atomic mass is 19.3. The summed E-state index contributed by atoms with van der Waals surface area (Å²) in [6.07, 6.45) is 3.13. The smallest absolute Gasteiger partial charge is 0.337 e.